The lowest BCUT2D eigenvalue weighted by Crippen LogP contribution is -2.23. The van der Waals surface area contributed by atoms with Crippen molar-refractivity contribution >= 4 is 11.6 Å². The van der Waals surface area contributed by atoms with Gasteiger partial charge in [-0.15, -0.1) is 0 Å². The van der Waals surface area contributed by atoms with E-state index in [1.165, 1.54) is 12.1 Å². The molecule has 0 unspecified atom stereocenters. The molecule has 0 bridgehead atoms. The molecule has 1 N–H and O–H groups in total. The number of hydrogen-bond acceptors (Lipinski definition) is 4. The minimum atomic E-state index is -0.456. The molecular weight excluding hydrogens is 356 g/mol. The molecular formula is C22H20N2O4. The van der Waals surface area contributed by atoms with E-state index in [0.717, 1.165) is 5.56 Å². The van der Waals surface area contributed by atoms with Gasteiger partial charge in [0.1, 0.15) is 11.9 Å². The SMILES string of the molecule is C[C@@H](Oc1ccccc1C(=O)NCc1ccccc1)c1cccc([N+](=O)[O-])c1. The Hall–Kier alpha value is -3.67. The zero-order valence-corrected chi connectivity index (χ0v) is 15.4. The number of amides is 1. The molecule has 1 atom stereocenters. The van der Waals surface area contributed by atoms with Gasteiger partial charge in [0.25, 0.3) is 11.6 Å². The number of rotatable bonds is 7. The van der Waals surface area contributed by atoms with Crippen molar-refractivity contribution in [1.29, 1.82) is 0 Å². The summed E-state index contributed by atoms with van der Waals surface area (Å²) in [5.41, 5.74) is 2.07. The van der Waals surface area contributed by atoms with E-state index in [1.54, 1.807) is 43.3 Å². The second kappa shape index (κ2) is 8.81. The van der Waals surface area contributed by atoms with E-state index < -0.39 is 11.0 Å². The molecule has 1 amide bonds. The Balaban J connectivity index is 1.73. The van der Waals surface area contributed by atoms with E-state index in [0.29, 0.717) is 23.4 Å². The fraction of sp³-hybridized carbons (Fsp3) is 0.136. The Morgan fingerprint density at radius 3 is 2.50 bits per heavy atom. The van der Waals surface area contributed by atoms with Gasteiger partial charge in [0.15, 0.2) is 0 Å². The maximum absolute atomic E-state index is 12.6. The molecule has 0 spiro atoms. The van der Waals surface area contributed by atoms with Crippen LogP contribution in [-0.2, 0) is 6.54 Å². The monoisotopic (exact) mass is 376 g/mol. The number of nitro groups is 1. The number of hydrogen-bond donors (Lipinski definition) is 1. The predicted octanol–water partition coefficient (Wildman–Crippen LogP) is 4.66. The summed E-state index contributed by atoms with van der Waals surface area (Å²) >= 11 is 0. The number of carbonyl (C=O) groups excluding carboxylic acids is 1. The smallest absolute Gasteiger partial charge is 0.269 e. The zero-order valence-electron chi connectivity index (χ0n) is 15.4. The summed E-state index contributed by atoms with van der Waals surface area (Å²) < 4.78 is 5.96. The van der Waals surface area contributed by atoms with Gasteiger partial charge in [0.05, 0.1) is 10.5 Å². The molecule has 0 aliphatic carbocycles. The summed E-state index contributed by atoms with van der Waals surface area (Å²) in [5.74, 6) is 0.178. The van der Waals surface area contributed by atoms with Crippen LogP contribution in [0.1, 0.15) is 34.5 Å². The first-order valence-electron chi connectivity index (χ1n) is 8.87. The van der Waals surface area contributed by atoms with Gasteiger partial charge >= 0.3 is 0 Å². The zero-order chi connectivity index (χ0) is 19.9. The maximum Gasteiger partial charge on any atom is 0.269 e. The molecule has 0 aromatic heterocycles. The van der Waals surface area contributed by atoms with Crippen LogP contribution in [0.3, 0.4) is 0 Å². The third-order valence-electron chi connectivity index (χ3n) is 4.28. The van der Waals surface area contributed by atoms with Gasteiger partial charge in [-0.05, 0) is 30.2 Å². The summed E-state index contributed by atoms with van der Waals surface area (Å²) in [4.78, 5) is 23.2. The summed E-state index contributed by atoms with van der Waals surface area (Å²) in [6.07, 6.45) is -0.456. The fourth-order valence-electron chi connectivity index (χ4n) is 2.78. The molecule has 0 aliphatic rings. The van der Waals surface area contributed by atoms with Gasteiger partial charge in [-0.1, -0.05) is 54.6 Å². The third-order valence-corrected chi connectivity index (χ3v) is 4.28. The number of nitrogens with zero attached hydrogens (tertiary/aromatic N) is 1. The van der Waals surface area contributed by atoms with E-state index in [9.17, 15) is 14.9 Å². The molecule has 0 aliphatic heterocycles. The number of para-hydroxylation sites is 1. The Morgan fingerprint density at radius 1 is 1.04 bits per heavy atom. The highest BCUT2D eigenvalue weighted by atomic mass is 16.6. The van der Waals surface area contributed by atoms with Gasteiger partial charge in [0, 0.05) is 18.7 Å². The van der Waals surface area contributed by atoms with E-state index in [2.05, 4.69) is 5.32 Å². The quantitative estimate of drug-likeness (QED) is 0.480. The second-order valence-electron chi connectivity index (χ2n) is 6.28. The first-order chi connectivity index (χ1) is 13.5. The van der Waals surface area contributed by atoms with Crippen LogP contribution >= 0.6 is 0 Å². The first-order valence-corrected chi connectivity index (χ1v) is 8.87. The molecule has 0 heterocycles. The van der Waals surface area contributed by atoms with E-state index >= 15 is 0 Å². The summed E-state index contributed by atoms with van der Waals surface area (Å²) in [5, 5.41) is 13.9. The van der Waals surface area contributed by atoms with Crippen LogP contribution in [0.4, 0.5) is 5.69 Å². The topological polar surface area (TPSA) is 81.5 Å². The number of carbonyl (C=O) groups is 1. The van der Waals surface area contributed by atoms with Crippen molar-refractivity contribution in [2.45, 2.75) is 19.6 Å². The number of nitro benzene ring substituents is 1. The summed E-state index contributed by atoms with van der Waals surface area (Å²) in [7, 11) is 0. The molecule has 6 heteroatoms. The highest BCUT2D eigenvalue weighted by Gasteiger charge is 2.17. The van der Waals surface area contributed by atoms with Gasteiger partial charge in [-0.3, -0.25) is 14.9 Å². The van der Waals surface area contributed by atoms with Crippen LogP contribution in [0.15, 0.2) is 78.9 Å². The van der Waals surface area contributed by atoms with Crippen LogP contribution in [0.5, 0.6) is 5.75 Å². The number of non-ortho nitro benzene ring substituents is 1. The molecule has 0 fully saturated rings. The Morgan fingerprint density at radius 2 is 1.75 bits per heavy atom. The molecule has 0 saturated heterocycles. The van der Waals surface area contributed by atoms with Gasteiger partial charge in [-0.2, -0.15) is 0 Å². The molecule has 3 aromatic rings. The van der Waals surface area contributed by atoms with Crippen molar-refractivity contribution < 1.29 is 14.5 Å². The highest BCUT2D eigenvalue weighted by molar-refractivity contribution is 5.96. The average molecular weight is 376 g/mol. The minimum absolute atomic E-state index is 0.00170. The maximum atomic E-state index is 12.6. The molecule has 0 radical (unpaired) electrons. The summed E-state index contributed by atoms with van der Waals surface area (Å²) in [6.45, 7) is 2.20. The molecule has 3 rings (SSSR count). The van der Waals surface area contributed by atoms with Crippen LogP contribution in [0.25, 0.3) is 0 Å². The highest BCUT2D eigenvalue weighted by Crippen LogP contribution is 2.27. The lowest BCUT2D eigenvalue weighted by Gasteiger charge is -2.17. The standard InChI is InChI=1S/C22H20N2O4/c1-16(18-10-7-11-19(14-18)24(26)27)28-21-13-6-5-12-20(21)22(25)23-15-17-8-3-2-4-9-17/h2-14,16H,15H2,1H3,(H,23,25)/t16-/m1/s1. The fourth-order valence-corrected chi connectivity index (χ4v) is 2.78. The molecule has 6 nitrogen and oxygen atoms in total. The minimum Gasteiger partial charge on any atom is -0.485 e. The van der Waals surface area contributed by atoms with Gasteiger partial charge in [-0.25, -0.2) is 0 Å². The van der Waals surface area contributed by atoms with Crippen LogP contribution in [0, 0.1) is 10.1 Å². The molecule has 0 saturated carbocycles. The summed E-state index contributed by atoms with van der Waals surface area (Å²) in [6, 6.07) is 22.9. The van der Waals surface area contributed by atoms with Crippen molar-refractivity contribution in [3.8, 4) is 5.75 Å². The van der Waals surface area contributed by atoms with E-state index in [4.69, 9.17) is 4.74 Å². The van der Waals surface area contributed by atoms with Crippen molar-refractivity contribution in [3.63, 3.8) is 0 Å². The second-order valence-corrected chi connectivity index (χ2v) is 6.28. The normalized spacial score (nSPS) is 11.5. The Bertz CT molecular complexity index is 973. The average Bonchev–Trinajstić information content (AvgIpc) is 2.73. The van der Waals surface area contributed by atoms with Crippen molar-refractivity contribution in [3.05, 3.63) is 106 Å². The first kappa shape index (κ1) is 19.1. The van der Waals surface area contributed by atoms with Gasteiger partial charge < -0.3 is 10.1 Å². The molecule has 28 heavy (non-hydrogen) atoms. The molecule has 3 aromatic carbocycles. The lowest BCUT2D eigenvalue weighted by molar-refractivity contribution is -0.385. The van der Waals surface area contributed by atoms with Gasteiger partial charge in [0.2, 0.25) is 0 Å². The number of ether oxygens (including phenoxy) is 1. The Kier molecular flexibility index (Phi) is 6.01. The number of benzene rings is 3. The van der Waals surface area contributed by atoms with Crippen LogP contribution in [0.2, 0.25) is 0 Å². The van der Waals surface area contributed by atoms with E-state index in [-0.39, 0.29) is 11.6 Å². The van der Waals surface area contributed by atoms with Crippen molar-refractivity contribution in [2.75, 3.05) is 0 Å². The predicted molar refractivity (Wildman–Crippen MR) is 106 cm³/mol. The van der Waals surface area contributed by atoms with Crippen LogP contribution < -0.4 is 10.1 Å². The molecule has 142 valence electrons. The number of nitrogens with one attached hydrogen (secondary N) is 1. The van der Waals surface area contributed by atoms with Crippen molar-refractivity contribution in [2.24, 2.45) is 0 Å². The van der Waals surface area contributed by atoms with Crippen LogP contribution in [-0.4, -0.2) is 10.8 Å². The Labute approximate surface area is 162 Å². The van der Waals surface area contributed by atoms with Crippen molar-refractivity contribution in [1.82, 2.24) is 5.32 Å². The third kappa shape index (κ3) is 4.73. The largest absolute Gasteiger partial charge is 0.485 e. The van der Waals surface area contributed by atoms with E-state index in [1.807, 2.05) is 30.3 Å². The lowest BCUT2D eigenvalue weighted by atomic mass is 10.1.